The molecule has 1 rings (SSSR count). The monoisotopic (exact) mass is 232 g/mol. The molecule has 0 bridgehead atoms. The van der Waals surface area contributed by atoms with E-state index in [9.17, 15) is 0 Å². The normalized spacial score (nSPS) is 12.4. The molecule has 0 saturated heterocycles. The molecule has 1 N–H and O–H groups in total. The molecule has 0 aromatic carbocycles. The van der Waals surface area contributed by atoms with Gasteiger partial charge >= 0.3 is 0 Å². The summed E-state index contributed by atoms with van der Waals surface area (Å²) < 4.78 is 0. The molecule has 1 heterocycles. The van der Waals surface area contributed by atoms with Gasteiger partial charge in [-0.2, -0.15) is 0 Å². The molecule has 1 aromatic rings. The fraction of sp³-hybridized carbons (Fsp3) is 0.533. The van der Waals surface area contributed by atoms with Crippen LogP contribution in [0.5, 0.6) is 0 Å². The lowest BCUT2D eigenvalue weighted by Crippen LogP contribution is -2.32. The van der Waals surface area contributed by atoms with Crippen molar-refractivity contribution in [2.45, 2.75) is 45.6 Å². The Kier molecular flexibility index (Phi) is 6.56. The molecule has 17 heavy (non-hydrogen) atoms. The van der Waals surface area contributed by atoms with Crippen LogP contribution in [0.2, 0.25) is 0 Å². The molecular formula is C15H24N2. The topological polar surface area (TPSA) is 24.9 Å². The lowest BCUT2D eigenvalue weighted by atomic mass is 9.99. The molecular weight excluding hydrogens is 208 g/mol. The van der Waals surface area contributed by atoms with Crippen LogP contribution in [-0.2, 0) is 6.42 Å². The maximum Gasteiger partial charge on any atom is 0.0270 e. The summed E-state index contributed by atoms with van der Waals surface area (Å²) in [5.41, 5.74) is 2.67. The van der Waals surface area contributed by atoms with Crippen molar-refractivity contribution in [3.8, 4) is 0 Å². The van der Waals surface area contributed by atoms with Crippen LogP contribution in [0.15, 0.2) is 36.7 Å². The maximum atomic E-state index is 4.11. The second-order valence-electron chi connectivity index (χ2n) is 4.52. The van der Waals surface area contributed by atoms with Crippen molar-refractivity contribution in [1.29, 1.82) is 0 Å². The predicted molar refractivity (Wildman–Crippen MR) is 74.1 cm³/mol. The number of nitrogens with zero attached hydrogens (tertiary/aromatic N) is 1. The second-order valence-corrected chi connectivity index (χ2v) is 4.52. The number of rotatable bonds is 8. The van der Waals surface area contributed by atoms with Crippen LogP contribution in [-0.4, -0.2) is 17.6 Å². The minimum Gasteiger partial charge on any atom is -0.313 e. The van der Waals surface area contributed by atoms with Gasteiger partial charge in [-0.25, -0.2) is 0 Å². The molecule has 0 radical (unpaired) electrons. The third-order valence-corrected chi connectivity index (χ3v) is 2.95. The van der Waals surface area contributed by atoms with Crippen molar-refractivity contribution in [2.24, 2.45) is 0 Å². The van der Waals surface area contributed by atoms with Gasteiger partial charge in [-0.15, -0.1) is 0 Å². The lowest BCUT2D eigenvalue weighted by molar-refractivity contribution is 0.500. The van der Waals surface area contributed by atoms with Crippen LogP contribution in [0.3, 0.4) is 0 Å². The average molecular weight is 232 g/mol. The summed E-state index contributed by atoms with van der Waals surface area (Å²) in [4.78, 5) is 4.05. The molecule has 0 amide bonds. The van der Waals surface area contributed by atoms with E-state index in [0.717, 1.165) is 25.8 Å². The summed E-state index contributed by atoms with van der Waals surface area (Å²) in [6.45, 7) is 9.56. The van der Waals surface area contributed by atoms with E-state index in [1.165, 1.54) is 17.6 Å². The minimum absolute atomic E-state index is 0.504. The first-order valence-corrected chi connectivity index (χ1v) is 6.55. The molecule has 0 aliphatic rings. The van der Waals surface area contributed by atoms with Gasteiger partial charge < -0.3 is 5.32 Å². The van der Waals surface area contributed by atoms with E-state index in [4.69, 9.17) is 0 Å². The van der Waals surface area contributed by atoms with Crippen LogP contribution in [0.1, 0.15) is 38.7 Å². The Bertz CT molecular complexity index is 319. The van der Waals surface area contributed by atoms with Crippen molar-refractivity contribution in [2.75, 3.05) is 6.54 Å². The van der Waals surface area contributed by atoms with E-state index >= 15 is 0 Å². The van der Waals surface area contributed by atoms with E-state index in [1.807, 2.05) is 12.4 Å². The Morgan fingerprint density at radius 1 is 1.35 bits per heavy atom. The van der Waals surface area contributed by atoms with E-state index in [-0.39, 0.29) is 0 Å². The number of aromatic nitrogens is 1. The number of pyridine rings is 1. The Morgan fingerprint density at radius 3 is 2.65 bits per heavy atom. The van der Waals surface area contributed by atoms with Crippen molar-refractivity contribution in [3.05, 3.63) is 42.2 Å². The number of hydrogen-bond donors (Lipinski definition) is 1. The average Bonchev–Trinajstić information content (AvgIpc) is 2.37. The summed E-state index contributed by atoms with van der Waals surface area (Å²) >= 11 is 0. The van der Waals surface area contributed by atoms with E-state index < -0.39 is 0 Å². The van der Waals surface area contributed by atoms with Gasteiger partial charge in [0.05, 0.1) is 0 Å². The van der Waals surface area contributed by atoms with Crippen molar-refractivity contribution >= 4 is 0 Å². The van der Waals surface area contributed by atoms with Crippen LogP contribution < -0.4 is 5.32 Å². The summed E-state index contributed by atoms with van der Waals surface area (Å²) in [7, 11) is 0. The molecule has 0 aliphatic carbocycles. The molecule has 1 aromatic heterocycles. The van der Waals surface area contributed by atoms with E-state index in [0.29, 0.717) is 6.04 Å². The maximum absolute atomic E-state index is 4.11. The first-order chi connectivity index (χ1) is 8.26. The lowest BCUT2D eigenvalue weighted by Gasteiger charge is -2.19. The van der Waals surface area contributed by atoms with Crippen LogP contribution in [0.25, 0.3) is 0 Å². The number of nitrogens with one attached hydrogen (secondary N) is 1. The molecule has 2 nitrogen and oxygen atoms in total. The Hall–Kier alpha value is -1.15. The highest BCUT2D eigenvalue weighted by Gasteiger charge is 2.09. The van der Waals surface area contributed by atoms with Gasteiger partial charge in [-0.3, -0.25) is 4.98 Å². The van der Waals surface area contributed by atoms with Crippen LogP contribution in [0.4, 0.5) is 0 Å². The third-order valence-electron chi connectivity index (χ3n) is 2.95. The zero-order chi connectivity index (χ0) is 12.5. The molecule has 1 unspecified atom stereocenters. The highest BCUT2D eigenvalue weighted by molar-refractivity contribution is 5.12. The van der Waals surface area contributed by atoms with Gasteiger partial charge in [0.15, 0.2) is 0 Å². The van der Waals surface area contributed by atoms with Crippen molar-refractivity contribution in [3.63, 3.8) is 0 Å². The fourth-order valence-corrected chi connectivity index (χ4v) is 1.86. The largest absolute Gasteiger partial charge is 0.313 e. The molecule has 0 saturated carbocycles. The minimum atomic E-state index is 0.504. The van der Waals surface area contributed by atoms with Crippen molar-refractivity contribution in [1.82, 2.24) is 10.3 Å². The predicted octanol–water partition coefficient (Wildman–Crippen LogP) is 3.35. The first-order valence-electron chi connectivity index (χ1n) is 6.55. The Morgan fingerprint density at radius 2 is 2.06 bits per heavy atom. The van der Waals surface area contributed by atoms with Gasteiger partial charge in [0.25, 0.3) is 0 Å². The summed E-state index contributed by atoms with van der Waals surface area (Å²) in [6.07, 6.45) is 8.09. The molecule has 94 valence electrons. The van der Waals surface area contributed by atoms with Crippen molar-refractivity contribution < 1.29 is 0 Å². The van der Waals surface area contributed by atoms with Gasteiger partial charge in [0.2, 0.25) is 0 Å². The van der Waals surface area contributed by atoms with E-state index in [1.54, 1.807) is 0 Å². The molecule has 0 spiro atoms. The number of hydrogen-bond acceptors (Lipinski definition) is 2. The van der Waals surface area contributed by atoms with Gasteiger partial charge in [0.1, 0.15) is 0 Å². The zero-order valence-electron chi connectivity index (χ0n) is 11.1. The Labute approximate surface area is 105 Å². The SMILES string of the molecule is C=C(CC)CC(Cc1ccncc1)NCCC. The smallest absolute Gasteiger partial charge is 0.0270 e. The first kappa shape index (κ1) is 13.9. The Balaban J connectivity index is 2.53. The summed E-state index contributed by atoms with van der Waals surface area (Å²) in [5.74, 6) is 0. The fourth-order valence-electron chi connectivity index (χ4n) is 1.86. The van der Waals surface area contributed by atoms with Gasteiger partial charge in [0, 0.05) is 18.4 Å². The second kappa shape index (κ2) is 8.02. The standard InChI is InChI=1S/C15H24N2/c1-4-8-17-15(11-13(3)5-2)12-14-6-9-16-10-7-14/h6-7,9-10,15,17H,3-5,8,11-12H2,1-2H3. The zero-order valence-corrected chi connectivity index (χ0v) is 11.1. The molecule has 0 fully saturated rings. The van der Waals surface area contributed by atoms with Crippen LogP contribution in [0, 0.1) is 0 Å². The van der Waals surface area contributed by atoms with Gasteiger partial charge in [-0.05, 0) is 49.9 Å². The van der Waals surface area contributed by atoms with Gasteiger partial charge in [-0.1, -0.05) is 26.0 Å². The molecule has 1 atom stereocenters. The highest BCUT2D eigenvalue weighted by Crippen LogP contribution is 2.12. The quantitative estimate of drug-likeness (QED) is 0.695. The molecule has 2 heteroatoms. The summed E-state index contributed by atoms with van der Waals surface area (Å²) in [6, 6.07) is 4.69. The highest BCUT2D eigenvalue weighted by atomic mass is 14.9. The van der Waals surface area contributed by atoms with Crippen LogP contribution >= 0.6 is 0 Å². The molecule has 0 aliphatic heterocycles. The third kappa shape index (κ3) is 5.64. The summed E-state index contributed by atoms with van der Waals surface area (Å²) in [5, 5.41) is 3.60. The van der Waals surface area contributed by atoms with E-state index in [2.05, 4.69) is 42.9 Å².